The van der Waals surface area contributed by atoms with Gasteiger partial charge in [0.25, 0.3) is 0 Å². The van der Waals surface area contributed by atoms with Crippen molar-refractivity contribution < 1.29 is 12.8 Å². The Morgan fingerprint density at radius 2 is 2.22 bits per heavy atom. The molecule has 1 aliphatic rings. The highest BCUT2D eigenvalue weighted by Gasteiger charge is 2.24. The number of sulfonamides is 1. The number of hydrogen-bond donors (Lipinski definition) is 2. The van der Waals surface area contributed by atoms with Crippen LogP contribution in [0.5, 0.6) is 0 Å². The van der Waals surface area contributed by atoms with Crippen molar-refractivity contribution in [3.8, 4) is 0 Å². The molecule has 1 fully saturated rings. The zero-order valence-electron chi connectivity index (χ0n) is 9.62. The van der Waals surface area contributed by atoms with E-state index in [4.69, 9.17) is 0 Å². The first-order valence-electron chi connectivity index (χ1n) is 5.67. The molecule has 2 rings (SSSR count). The molecule has 0 bridgehead atoms. The number of rotatable bonds is 3. The van der Waals surface area contributed by atoms with Crippen molar-refractivity contribution in [1.29, 1.82) is 0 Å². The van der Waals surface area contributed by atoms with Crippen LogP contribution in [0.3, 0.4) is 0 Å². The Balaban J connectivity index is 2.19. The molecule has 1 atom stereocenters. The minimum Gasteiger partial charge on any atom is -0.315 e. The molecule has 0 aliphatic carbocycles. The van der Waals surface area contributed by atoms with Crippen LogP contribution in [-0.4, -0.2) is 27.5 Å². The van der Waals surface area contributed by atoms with Crippen molar-refractivity contribution in [1.82, 2.24) is 10.0 Å². The number of hydrogen-bond acceptors (Lipinski definition) is 3. The van der Waals surface area contributed by atoms with Gasteiger partial charge in [-0.25, -0.2) is 17.5 Å². The third-order valence-electron chi connectivity index (χ3n) is 2.80. The monoisotopic (exact) mass is 336 g/mol. The third-order valence-corrected chi connectivity index (χ3v) is 4.85. The van der Waals surface area contributed by atoms with Gasteiger partial charge >= 0.3 is 0 Å². The summed E-state index contributed by atoms with van der Waals surface area (Å²) in [5.41, 5.74) is 0. The second-order valence-corrected chi connectivity index (χ2v) is 6.84. The van der Waals surface area contributed by atoms with E-state index < -0.39 is 15.8 Å². The maximum absolute atomic E-state index is 13.6. The lowest BCUT2D eigenvalue weighted by molar-refractivity contribution is 0.427. The van der Waals surface area contributed by atoms with Crippen LogP contribution in [0.25, 0.3) is 0 Å². The Morgan fingerprint density at radius 1 is 1.44 bits per heavy atom. The van der Waals surface area contributed by atoms with E-state index in [1.165, 1.54) is 12.1 Å². The van der Waals surface area contributed by atoms with Crippen LogP contribution in [0.2, 0.25) is 0 Å². The van der Waals surface area contributed by atoms with E-state index in [1.807, 2.05) is 0 Å². The number of nitrogens with one attached hydrogen (secondary N) is 2. The van der Waals surface area contributed by atoms with Crippen LogP contribution in [0, 0.1) is 5.82 Å². The van der Waals surface area contributed by atoms with Crippen molar-refractivity contribution in [2.24, 2.45) is 0 Å². The Bertz CT molecular complexity index is 530. The van der Waals surface area contributed by atoms with E-state index in [9.17, 15) is 12.8 Å². The van der Waals surface area contributed by atoms with Crippen LogP contribution in [0.15, 0.2) is 27.6 Å². The topological polar surface area (TPSA) is 58.2 Å². The molecule has 0 radical (unpaired) electrons. The van der Waals surface area contributed by atoms with Crippen molar-refractivity contribution in [2.45, 2.75) is 23.8 Å². The molecule has 18 heavy (non-hydrogen) atoms. The second-order valence-electron chi connectivity index (χ2n) is 4.24. The molecule has 1 aromatic carbocycles. The van der Waals surface area contributed by atoms with E-state index in [1.54, 1.807) is 0 Å². The predicted octanol–water partition coefficient (Wildman–Crippen LogP) is 1.62. The van der Waals surface area contributed by atoms with Gasteiger partial charge in [-0.2, -0.15) is 0 Å². The van der Waals surface area contributed by atoms with Gasteiger partial charge in [0.15, 0.2) is 0 Å². The average molecular weight is 337 g/mol. The first kappa shape index (κ1) is 13.9. The summed E-state index contributed by atoms with van der Waals surface area (Å²) in [6.45, 7) is 1.47. The Labute approximate surface area is 114 Å². The molecular formula is C11H14BrFN2O2S. The molecule has 0 aromatic heterocycles. The zero-order valence-corrected chi connectivity index (χ0v) is 12.0. The summed E-state index contributed by atoms with van der Waals surface area (Å²) in [7, 11) is -3.79. The van der Waals surface area contributed by atoms with Crippen LogP contribution in [-0.2, 0) is 10.0 Å². The van der Waals surface area contributed by atoms with Crippen molar-refractivity contribution in [2.75, 3.05) is 13.1 Å². The smallest absolute Gasteiger partial charge is 0.243 e. The normalized spacial score (nSPS) is 20.9. The molecule has 1 aromatic rings. The fourth-order valence-electron chi connectivity index (χ4n) is 1.93. The number of benzene rings is 1. The Kier molecular flexibility index (Phi) is 4.37. The molecule has 0 unspecified atom stereocenters. The lowest BCUT2D eigenvalue weighted by atomic mass is 10.1. The van der Waals surface area contributed by atoms with Gasteiger partial charge in [0.2, 0.25) is 10.0 Å². The highest BCUT2D eigenvalue weighted by atomic mass is 79.9. The summed E-state index contributed by atoms with van der Waals surface area (Å²) in [6, 6.07) is 3.74. The maximum atomic E-state index is 13.6. The molecule has 7 heteroatoms. The van der Waals surface area contributed by atoms with Gasteiger partial charge in [-0.05, 0) is 37.6 Å². The molecule has 2 N–H and O–H groups in total. The van der Waals surface area contributed by atoms with E-state index in [0.29, 0.717) is 11.0 Å². The van der Waals surface area contributed by atoms with E-state index in [2.05, 4.69) is 26.0 Å². The predicted molar refractivity (Wildman–Crippen MR) is 70.3 cm³/mol. The fraction of sp³-hybridized carbons (Fsp3) is 0.455. The summed E-state index contributed by atoms with van der Waals surface area (Å²) < 4.78 is 40.8. The molecular weight excluding hydrogens is 323 g/mol. The molecule has 0 spiro atoms. The Hall–Kier alpha value is -0.500. The molecule has 1 aliphatic heterocycles. The van der Waals surface area contributed by atoms with Gasteiger partial charge in [0, 0.05) is 17.1 Å². The first-order valence-corrected chi connectivity index (χ1v) is 7.95. The Morgan fingerprint density at radius 3 is 2.83 bits per heavy atom. The minimum absolute atomic E-state index is 0.174. The lowest BCUT2D eigenvalue weighted by Crippen LogP contribution is -2.45. The standard InChI is InChI=1S/C11H14BrFN2O2S/c12-8-3-4-11(10(13)6-8)18(16,17)15-9-2-1-5-14-7-9/h3-4,6,9,14-15H,1-2,5,7H2/t9-/m0/s1. The average Bonchev–Trinajstić information content (AvgIpc) is 2.29. The molecule has 0 saturated carbocycles. The van der Waals surface area contributed by atoms with Gasteiger partial charge in [-0.15, -0.1) is 0 Å². The largest absolute Gasteiger partial charge is 0.315 e. The quantitative estimate of drug-likeness (QED) is 0.881. The van der Waals surface area contributed by atoms with Gasteiger partial charge in [-0.1, -0.05) is 15.9 Å². The highest BCUT2D eigenvalue weighted by Crippen LogP contribution is 2.20. The lowest BCUT2D eigenvalue weighted by Gasteiger charge is -2.23. The first-order chi connectivity index (χ1) is 8.49. The van der Waals surface area contributed by atoms with Crippen LogP contribution < -0.4 is 10.0 Å². The molecule has 1 saturated heterocycles. The molecule has 1 heterocycles. The summed E-state index contributed by atoms with van der Waals surface area (Å²) in [6.07, 6.45) is 1.68. The van der Waals surface area contributed by atoms with Gasteiger partial charge < -0.3 is 5.32 Å². The summed E-state index contributed by atoms with van der Waals surface area (Å²) in [5.74, 6) is -0.749. The molecule has 0 amide bonds. The zero-order chi connectivity index (χ0) is 13.2. The van der Waals surface area contributed by atoms with Crippen LogP contribution >= 0.6 is 15.9 Å². The molecule has 100 valence electrons. The third kappa shape index (κ3) is 3.28. The van der Waals surface area contributed by atoms with Crippen LogP contribution in [0.4, 0.5) is 4.39 Å². The maximum Gasteiger partial charge on any atom is 0.243 e. The second kappa shape index (κ2) is 5.64. The van der Waals surface area contributed by atoms with E-state index in [-0.39, 0.29) is 10.9 Å². The summed E-state index contributed by atoms with van der Waals surface area (Å²) >= 11 is 3.10. The van der Waals surface area contributed by atoms with E-state index in [0.717, 1.165) is 25.5 Å². The number of piperidine rings is 1. The van der Waals surface area contributed by atoms with Crippen molar-refractivity contribution >= 4 is 26.0 Å². The van der Waals surface area contributed by atoms with Gasteiger partial charge in [0.1, 0.15) is 10.7 Å². The minimum atomic E-state index is -3.79. The van der Waals surface area contributed by atoms with E-state index >= 15 is 0 Å². The highest BCUT2D eigenvalue weighted by molar-refractivity contribution is 9.10. The fourth-order valence-corrected chi connectivity index (χ4v) is 3.59. The van der Waals surface area contributed by atoms with Crippen LogP contribution in [0.1, 0.15) is 12.8 Å². The summed E-state index contributed by atoms with van der Waals surface area (Å²) in [5, 5.41) is 3.10. The number of halogens is 2. The summed E-state index contributed by atoms with van der Waals surface area (Å²) in [4.78, 5) is -0.309. The van der Waals surface area contributed by atoms with Crippen molar-refractivity contribution in [3.63, 3.8) is 0 Å². The van der Waals surface area contributed by atoms with Crippen molar-refractivity contribution in [3.05, 3.63) is 28.5 Å². The van der Waals surface area contributed by atoms with Gasteiger partial charge in [-0.3, -0.25) is 0 Å². The van der Waals surface area contributed by atoms with Gasteiger partial charge in [0.05, 0.1) is 0 Å². The SMILES string of the molecule is O=S(=O)(N[C@H]1CCCNC1)c1ccc(Br)cc1F. The molecule has 4 nitrogen and oxygen atoms in total.